The number of anilines is 2. The van der Waals surface area contributed by atoms with Crippen molar-refractivity contribution in [3.8, 4) is 17.2 Å². The van der Waals surface area contributed by atoms with Crippen LogP contribution in [0.3, 0.4) is 0 Å². The van der Waals surface area contributed by atoms with E-state index in [0.29, 0.717) is 41.5 Å². The van der Waals surface area contributed by atoms with Crippen molar-refractivity contribution < 1.29 is 31.8 Å². The molecule has 0 aliphatic carbocycles. The number of rotatable bonds is 7. The molecule has 1 aliphatic heterocycles. The topological polar surface area (TPSA) is 94.2 Å². The van der Waals surface area contributed by atoms with E-state index in [1.54, 1.807) is 18.2 Å². The molecule has 8 nitrogen and oxygen atoms in total. The molecule has 3 aromatic rings. The SMILES string of the molecule is COc1cc(C(=O)Nc2ccc3c(c2)N(S(=O)(=O)c2ccc(F)cc2)CCC3)cc(OC)c1OC. The highest BCUT2D eigenvalue weighted by Gasteiger charge is 2.29. The molecular weight excluding hydrogens is 475 g/mol. The van der Waals surface area contributed by atoms with Gasteiger partial charge in [0.15, 0.2) is 11.5 Å². The Labute approximate surface area is 203 Å². The van der Waals surface area contributed by atoms with Crippen LogP contribution in [0.4, 0.5) is 15.8 Å². The van der Waals surface area contributed by atoms with Gasteiger partial charge in [0.05, 0.1) is 31.9 Å². The summed E-state index contributed by atoms with van der Waals surface area (Å²) in [6.07, 6.45) is 1.34. The van der Waals surface area contributed by atoms with Crippen molar-refractivity contribution in [1.29, 1.82) is 0 Å². The molecule has 1 heterocycles. The Kier molecular flexibility index (Phi) is 6.83. The fourth-order valence-corrected chi connectivity index (χ4v) is 5.55. The number of nitrogens with one attached hydrogen (secondary N) is 1. The Balaban J connectivity index is 1.66. The molecule has 0 fully saturated rings. The number of carbonyl (C=O) groups excluding carboxylic acids is 1. The van der Waals surface area contributed by atoms with E-state index in [1.165, 1.54) is 49.9 Å². The zero-order valence-corrected chi connectivity index (χ0v) is 20.3. The number of amides is 1. The first kappa shape index (κ1) is 24.3. The molecule has 0 saturated heterocycles. The molecule has 1 aliphatic rings. The quantitative estimate of drug-likeness (QED) is 0.522. The molecule has 1 amide bonds. The molecule has 0 aromatic heterocycles. The summed E-state index contributed by atoms with van der Waals surface area (Å²) in [5, 5.41) is 2.81. The molecule has 0 spiro atoms. The number of carbonyl (C=O) groups is 1. The number of benzene rings is 3. The molecule has 0 saturated carbocycles. The van der Waals surface area contributed by atoms with Crippen LogP contribution in [0.1, 0.15) is 22.3 Å². The smallest absolute Gasteiger partial charge is 0.264 e. The lowest BCUT2D eigenvalue weighted by molar-refractivity contribution is 0.102. The normalized spacial score (nSPS) is 13.1. The molecule has 10 heteroatoms. The highest BCUT2D eigenvalue weighted by molar-refractivity contribution is 7.92. The van der Waals surface area contributed by atoms with Gasteiger partial charge in [0, 0.05) is 17.8 Å². The fourth-order valence-electron chi connectivity index (χ4n) is 4.02. The van der Waals surface area contributed by atoms with Crippen LogP contribution >= 0.6 is 0 Å². The lowest BCUT2D eigenvalue weighted by atomic mass is 10.0. The third-order valence-corrected chi connectivity index (χ3v) is 7.58. The molecule has 3 aromatic carbocycles. The molecule has 0 atom stereocenters. The summed E-state index contributed by atoms with van der Waals surface area (Å²) >= 11 is 0. The Morgan fingerprint density at radius 1 is 0.943 bits per heavy atom. The number of methoxy groups -OCH3 is 3. The molecule has 0 bridgehead atoms. The van der Waals surface area contributed by atoms with Gasteiger partial charge in [0.2, 0.25) is 5.75 Å². The van der Waals surface area contributed by atoms with E-state index in [1.807, 2.05) is 0 Å². The van der Waals surface area contributed by atoms with Crippen molar-refractivity contribution in [1.82, 2.24) is 0 Å². The maximum atomic E-state index is 13.3. The summed E-state index contributed by atoms with van der Waals surface area (Å²) in [4.78, 5) is 13.0. The number of fused-ring (bicyclic) bond motifs is 1. The van der Waals surface area contributed by atoms with Gasteiger partial charge in [-0.2, -0.15) is 0 Å². The summed E-state index contributed by atoms with van der Waals surface area (Å²) in [7, 11) is 0.477. The molecule has 4 rings (SSSR count). The summed E-state index contributed by atoms with van der Waals surface area (Å²) in [6.45, 7) is 0.275. The van der Waals surface area contributed by atoms with E-state index in [4.69, 9.17) is 14.2 Å². The van der Waals surface area contributed by atoms with E-state index in [2.05, 4.69) is 5.32 Å². The predicted molar refractivity (Wildman–Crippen MR) is 130 cm³/mol. The van der Waals surface area contributed by atoms with Gasteiger partial charge in [-0.3, -0.25) is 9.10 Å². The van der Waals surface area contributed by atoms with Crippen molar-refractivity contribution in [3.63, 3.8) is 0 Å². The van der Waals surface area contributed by atoms with E-state index >= 15 is 0 Å². The van der Waals surface area contributed by atoms with Crippen LogP contribution in [0.2, 0.25) is 0 Å². The lowest BCUT2D eigenvalue weighted by Crippen LogP contribution is -2.35. The lowest BCUT2D eigenvalue weighted by Gasteiger charge is -2.31. The highest BCUT2D eigenvalue weighted by atomic mass is 32.2. The average Bonchev–Trinajstić information content (AvgIpc) is 2.87. The van der Waals surface area contributed by atoms with Gasteiger partial charge in [0.25, 0.3) is 15.9 Å². The third-order valence-electron chi connectivity index (χ3n) is 5.75. The number of aryl methyl sites for hydroxylation is 1. The zero-order chi connectivity index (χ0) is 25.2. The monoisotopic (exact) mass is 500 g/mol. The number of nitrogens with zero attached hydrogens (tertiary/aromatic N) is 1. The van der Waals surface area contributed by atoms with E-state index in [9.17, 15) is 17.6 Å². The Morgan fingerprint density at radius 2 is 1.60 bits per heavy atom. The van der Waals surface area contributed by atoms with Crippen molar-refractivity contribution >= 4 is 27.3 Å². The second-order valence-corrected chi connectivity index (χ2v) is 9.71. The Hall–Kier alpha value is -3.79. The number of hydrogen-bond donors (Lipinski definition) is 1. The first-order valence-electron chi connectivity index (χ1n) is 10.8. The first-order chi connectivity index (χ1) is 16.8. The van der Waals surface area contributed by atoms with Crippen LogP contribution in [0.5, 0.6) is 17.2 Å². The molecule has 1 N–H and O–H groups in total. The van der Waals surface area contributed by atoms with Crippen LogP contribution in [0, 0.1) is 5.82 Å². The predicted octanol–water partition coefficient (Wildman–Crippen LogP) is 4.25. The standard InChI is InChI=1S/C25H25FN2O6S/c1-32-22-13-17(14-23(33-2)24(22)34-3)25(29)27-19-9-6-16-5-4-12-28(21(16)15-19)35(30,31)20-10-7-18(26)8-11-20/h6-11,13-15H,4-5,12H2,1-3H3,(H,27,29). The molecule has 0 radical (unpaired) electrons. The molecular formula is C25H25FN2O6S. The molecule has 184 valence electrons. The van der Waals surface area contributed by atoms with Crippen molar-refractivity contribution in [2.45, 2.75) is 17.7 Å². The van der Waals surface area contributed by atoms with Gasteiger partial charge in [-0.15, -0.1) is 0 Å². The summed E-state index contributed by atoms with van der Waals surface area (Å²) in [6, 6.07) is 12.9. The van der Waals surface area contributed by atoms with Crippen LogP contribution < -0.4 is 23.8 Å². The number of halogens is 1. The van der Waals surface area contributed by atoms with Gasteiger partial charge in [-0.05, 0) is 66.9 Å². The fraction of sp³-hybridized carbons (Fsp3) is 0.240. The van der Waals surface area contributed by atoms with Crippen LogP contribution in [-0.4, -0.2) is 42.2 Å². The van der Waals surface area contributed by atoms with E-state index in [0.717, 1.165) is 17.7 Å². The maximum Gasteiger partial charge on any atom is 0.264 e. The second-order valence-electron chi connectivity index (χ2n) is 7.85. The zero-order valence-electron chi connectivity index (χ0n) is 19.5. The third kappa shape index (κ3) is 4.74. The minimum Gasteiger partial charge on any atom is -0.493 e. The minimum absolute atomic E-state index is 0.00129. The Morgan fingerprint density at radius 3 is 2.20 bits per heavy atom. The highest BCUT2D eigenvalue weighted by Crippen LogP contribution is 2.39. The Bertz CT molecular complexity index is 1330. The number of ether oxygens (including phenoxy) is 3. The largest absolute Gasteiger partial charge is 0.493 e. The summed E-state index contributed by atoms with van der Waals surface area (Å²) < 4.78 is 57.1. The van der Waals surface area contributed by atoms with E-state index in [-0.39, 0.29) is 17.0 Å². The van der Waals surface area contributed by atoms with Crippen molar-refractivity contribution in [2.75, 3.05) is 37.5 Å². The number of hydrogen-bond acceptors (Lipinski definition) is 6. The van der Waals surface area contributed by atoms with Gasteiger partial charge < -0.3 is 19.5 Å². The second kappa shape index (κ2) is 9.83. The van der Waals surface area contributed by atoms with Gasteiger partial charge >= 0.3 is 0 Å². The van der Waals surface area contributed by atoms with Crippen LogP contribution in [-0.2, 0) is 16.4 Å². The molecule has 35 heavy (non-hydrogen) atoms. The van der Waals surface area contributed by atoms with Crippen molar-refractivity contribution in [2.24, 2.45) is 0 Å². The van der Waals surface area contributed by atoms with Gasteiger partial charge in [-0.25, -0.2) is 12.8 Å². The summed E-state index contributed by atoms with van der Waals surface area (Å²) in [5.74, 6) is 0.0766. The van der Waals surface area contributed by atoms with Crippen LogP contribution in [0.15, 0.2) is 59.5 Å². The number of sulfonamides is 1. The van der Waals surface area contributed by atoms with Gasteiger partial charge in [-0.1, -0.05) is 6.07 Å². The first-order valence-corrected chi connectivity index (χ1v) is 12.2. The maximum absolute atomic E-state index is 13.3. The van der Waals surface area contributed by atoms with Crippen molar-refractivity contribution in [3.05, 3.63) is 71.5 Å². The minimum atomic E-state index is -3.91. The van der Waals surface area contributed by atoms with Gasteiger partial charge in [0.1, 0.15) is 5.82 Å². The average molecular weight is 501 g/mol. The molecule has 0 unspecified atom stereocenters. The van der Waals surface area contributed by atoms with E-state index < -0.39 is 21.7 Å². The summed E-state index contributed by atoms with van der Waals surface area (Å²) in [5.41, 5.74) is 2.01. The van der Waals surface area contributed by atoms with Crippen LogP contribution in [0.25, 0.3) is 0 Å².